The Hall–Kier alpha value is -3.91. The molecule has 0 fully saturated rings. The topological polar surface area (TPSA) is 79.2 Å². The van der Waals surface area contributed by atoms with E-state index in [1.54, 1.807) is 26.2 Å². The maximum absolute atomic E-state index is 13.1. The third-order valence-corrected chi connectivity index (χ3v) is 5.95. The summed E-state index contributed by atoms with van der Waals surface area (Å²) in [7, 11) is 0. The number of hydrogen-bond donors (Lipinski definition) is 0. The summed E-state index contributed by atoms with van der Waals surface area (Å²) in [5.74, 6) is 0.831. The lowest BCUT2D eigenvalue weighted by atomic mass is 10.1. The molecule has 0 amide bonds. The Morgan fingerprint density at radius 1 is 1.00 bits per heavy atom. The van der Waals surface area contributed by atoms with Gasteiger partial charge in [0, 0.05) is 23.0 Å². The van der Waals surface area contributed by atoms with Crippen LogP contribution in [0.3, 0.4) is 0 Å². The fourth-order valence-electron chi connectivity index (χ4n) is 3.79. The summed E-state index contributed by atoms with van der Waals surface area (Å²) in [4.78, 5) is 13.1. The van der Waals surface area contributed by atoms with E-state index in [0.717, 1.165) is 35.4 Å². The average Bonchev–Trinajstić information content (AvgIpc) is 3.50. The van der Waals surface area contributed by atoms with Crippen LogP contribution in [-0.4, -0.2) is 35.8 Å². The molecule has 35 heavy (non-hydrogen) atoms. The Kier molecular flexibility index (Phi) is 6.63. The molecule has 2 aromatic carbocycles. The molecule has 0 spiro atoms. The second kappa shape index (κ2) is 10.1. The van der Waals surface area contributed by atoms with Gasteiger partial charge in [-0.2, -0.15) is 5.10 Å². The van der Waals surface area contributed by atoms with Gasteiger partial charge in [0.1, 0.15) is 17.0 Å². The van der Waals surface area contributed by atoms with Gasteiger partial charge in [-0.1, -0.05) is 42.3 Å². The van der Waals surface area contributed by atoms with Crippen molar-refractivity contribution in [2.45, 2.75) is 32.9 Å². The zero-order valence-corrected chi connectivity index (χ0v) is 20.1. The van der Waals surface area contributed by atoms with Crippen molar-refractivity contribution in [2.75, 3.05) is 6.61 Å². The van der Waals surface area contributed by atoms with Gasteiger partial charge in [-0.05, 0) is 54.4 Å². The second-order valence-corrected chi connectivity index (χ2v) is 8.79. The van der Waals surface area contributed by atoms with Gasteiger partial charge in [0.05, 0.1) is 31.6 Å². The van der Waals surface area contributed by atoms with Crippen LogP contribution in [0.5, 0.6) is 5.75 Å². The standard InChI is InChI=1S/C26H25ClN6O2/c1-2-3-14-35-23-10-6-20(7-11-23)24-15-25-26(34)31(12-13-33(25)29-24)17-22-18-32(30-28-22)16-19-4-8-21(27)9-5-19/h4-13,15,18H,2-3,14,16-17H2,1H3. The monoisotopic (exact) mass is 488 g/mol. The summed E-state index contributed by atoms with van der Waals surface area (Å²) in [5.41, 5.74) is 3.78. The van der Waals surface area contributed by atoms with Crippen LogP contribution < -0.4 is 10.3 Å². The maximum atomic E-state index is 13.1. The zero-order valence-electron chi connectivity index (χ0n) is 19.3. The smallest absolute Gasteiger partial charge is 0.276 e. The molecule has 0 N–H and O–H groups in total. The Balaban J connectivity index is 1.32. The van der Waals surface area contributed by atoms with Crippen LogP contribution >= 0.6 is 11.6 Å². The fourth-order valence-corrected chi connectivity index (χ4v) is 3.91. The molecule has 8 nitrogen and oxygen atoms in total. The molecule has 0 aliphatic carbocycles. The fraction of sp³-hybridized carbons (Fsp3) is 0.231. The van der Waals surface area contributed by atoms with Gasteiger partial charge in [0.25, 0.3) is 5.56 Å². The number of nitrogens with zero attached hydrogens (tertiary/aromatic N) is 6. The van der Waals surface area contributed by atoms with E-state index in [1.807, 2.05) is 60.8 Å². The van der Waals surface area contributed by atoms with Crippen molar-refractivity contribution >= 4 is 17.1 Å². The summed E-state index contributed by atoms with van der Waals surface area (Å²) >= 11 is 5.95. The van der Waals surface area contributed by atoms with Crippen molar-refractivity contribution in [3.8, 4) is 17.0 Å². The minimum absolute atomic E-state index is 0.141. The van der Waals surface area contributed by atoms with Crippen LogP contribution in [0.2, 0.25) is 5.02 Å². The maximum Gasteiger partial charge on any atom is 0.276 e. The van der Waals surface area contributed by atoms with Gasteiger partial charge in [0.15, 0.2) is 0 Å². The third kappa shape index (κ3) is 5.27. The molecule has 0 aliphatic rings. The van der Waals surface area contributed by atoms with Crippen molar-refractivity contribution in [1.29, 1.82) is 0 Å². The summed E-state index contributed by atoms with van der Waals surface area (Å²) < 4.78 is 10.7. The first-order valence-corrected chi connectivity index (χ1v) is 11.9. The molecule has 178 valence electrons. The van der Waals surface area contributed by atoms with Gasteiger partial charge >= 0.3 is 0 Å². The molecule has 0 aliphatic heterocycles. The normalized spacial score (nSPS) is 11.3. The minimum atomic E-state index is -0.141. The second-order valence-electron chi connectivity index (χ2n) is 8.35. The summed E-state index contributed by atoms with van der Waals surface area (Å²) in [5, 5.41) is 13.7. The molecule has 9 heteroatoms. The van der Waals surface area contributed by atoms with Crippen molar-refractivity contribution in [2.24, 2.45) is 0 Å². The molecule has 5 aromatic rings. The van der Waals surface area contributed by atoms with E-state index in [1.165, 1.54) is 0 Å². The summed E-state index contributed by atoms with van der Waals surface area (Å²) in [6.07, 6.45) is 7.46. The average molecular weight is 489 g/mol. The van der Waals surface area contributed by atoms with Crippen LogP contribution in [-0.2, 0) is 13.1 Å². The first kappa shape index (κ1) is 22.9. The number of fused-ring (bicyclic) bond motifs is 1. The molecule has 0 saturated carbocycles. The van der Waals surface area contributed by atoms with E-state index < -0.39 is 0 Å². The van der Waals surface area contributed by atoms with Gasteiger partial charge in [-0.3, -0.25) is 4.79 Å². The van der Waals surface area contributed by atoms with Crippen LogP contribution in [0.15, 0.2) is 78.0 Å². The van der Waals surface area contributed by atoms with E-state index in [2.05, 4.69) is 22.3 Å². The Morgan fingerprint density at radius 3 is 2.57 bits per heavy atom. The van der Waals surface area contributed by atoms with Gasteiger partial charge in [-0.15, -0.1) is 5.10 Å². The van der Waals surface area contributed by atoms with Gasteiger partial charge < -0.3 is 9.30 Å². The highest BCUT2D eigenvalue weighted by atomic mass is 35.5. The van der Waals surface area contributed by atoms with Crippen molar-refractivity contribution in [1.82, 2.24) is 29.2 Å². The number of unbranched alkanes of at least 4 members (excludes halogenated alkanes) is 1. The molecule has 3 aromatic heterocycles. The van der Waals surface area contributed by atoms with Crippen LogP contribution in [0, 0.1) is 0 Å². The van der Waals surface area contributed by atoms with Crippen molar-refractivity contribution < 1.29 is 4.74 Å². The lowest BCUT2D eigenvalue weighted by Crippen LogP contribution is -2.21. The zero-order chi connectivity index (χ0) is 24.2. The molecule has 0 unspecified atom stereocenters. The van der Waals surface area contributed by atoms with E-state index in [0.29, 0.717) is 35.9 Å². The molecule has 3 heterocycles. The van der Waals surface area contributed by atoms with Crippen LogP contribution in [0.4, 0.5) is 0 Å². The number of benzene rings is 2. The molecule has 0 atom stereocenters. The van der Waals surface area contributed by atoms with E-state index in [-0.39, 0.29) is 5.56 Å². The summed E-state index contributed by atoms with van der Waals surface area (Å²) in [6, 6.07) is 17.2. The van der Waals surface area contributed by atoms with Crippen LogP contribution in [0.25, 0.3) is 16.8 Å². The molecular weight excluding hydrogens is 464 g/mol. The largest absolute Gasteiger partial charge is 0.494 e. The quantitative estimate of drug-likeness (QED) is 0.281. The minimum Gasteiger partial charge on any atom is -0.494 e. The lowest BCUT2D eigenvalue weighted by Gasteiger charge is -2.05. The number of ether oxygens (including phenoxy) is 1. The molecular formula is C26H25ClN6O2. The SMILES string of the molecule is CCCCOc1ccc(-c2cc3c(=O)n(Cc4cn(Cc5ccc(Cl)cc5)nn4)ccn3n2)cc1. The molecule has 0 saturated heterocycles. The predicted molar refractivity (Wildman–Crippen MR) is 135 cm³/mol. The number of aromatic nitrogens is 6. The van der Waals surface area contributed by atoms with E-state index in [9.17, 15) is 4.79 Å². The molecule has 0 radical (unpaired) electrons. The first-order chi connectivity index (χ1) is 17.1. The lowest BCUT2D eigenvalue weighted by molar-refractivity contribution is 0.309. The Bertz CT molecular complexity index is 1490. The Morgan fingerprint density at radius 2 is 1.80 bits per heavy atom. The van der Waals surface area contributed by atoms with E-state index >= 15 is 0 Å². The number of halogens is 1. The van der Waals surface area contributed by atoms with Crippen molar-refractivity contribution in [3.63, 3.8) is 0 Å². The van der Waals surface area contributed by atoms with Crippen LogP contribution in [0.1, 0.15) is 31.0 Å². The molecule has 0 bridgehead atoms. The van der Waals surface area contributed by atoms with E-state index in [4.69, 9.17) is 16.3 Å². The predicted octanol–water partition coefficient (Wildman–Crippen LogP) is 4.68. The highest BCUT2D eigenvalue weighted by Crippen LogP contribution is 2.22. The number of rotatable bonds is 9. The highest BCUT2D eigenvalue weighted by Gasteiger charge is 2.11. The third-order valence-electron chi connectivity index (χ3n) is 5.70. The number of hydrogen-bond acceptors (Lipinski definition) is 5. The van der Waals surface area contributed by atoms with Gasteiger partial charge in [0.2, 0.25) is 0 Å². The molecule has 5 rings (SSSR count). The van der Waals surface area contributed by atoms with Crippen molar-refractivity contribution in [3.05, 3.63) is 99.8 Å². The Labute approximate surface area is 207 Å². The first-order valence-electron chi connectivity index (χ1n) is 11.5. The highest BCUT2D eigenvalue weighted by molar-refractivity contribution is 6.30. The summed E-state index contributed by atoms with van der Waals surface area (Å²) in [6.45, 7) is 3.74. The van der Waals surface area contributed by atoms with Gasteiger partial charge in [-0.25, -0.2) is 9.20 Å².